The summed E-state index contributed by atoms with van der Waals surface area (Å²) in [5, 5.41) is 9.36. The van der Waals surface area contributed by atoms with Crippen molar-refractivity contribution in [2.24, 2.45) is 11.1 Å². The second kappa shape index (κ2) is 11.6. The molecule has 1 aliphatic rings. The van der Waals surface area contributed by atoms with Crippen molar-refractivity contribution in [2.45, 2.75) is 65.8 Å². The SMILES string of the molecule is CC(C)CSN.Cc1ccc(C(=O)c2sc(NC3CCCCC3)nc2N)c(C)c1. The summed E-state index contributed by atoms with van der Waals surface area (Å²) in [7, 11) is 0. The van der Waals surface area contributed by atoms with Crippen LogP contribution < -0.4 is 16.2 Å². The van der Waals surface area contributed by atoms with Gasteiger partial charge in [0.15, 0.2) is 5.13 Å². The van der Waals surface area contributed by atoms with Crippen LogP contribution in [0.1, 0.15) is 72.3 Å². The first-order valence-corrected chi connectivity index (χ1v) is 12.1. The summed E-state index contributed by atoms with van der Waals surface area (Å²) in [4.78, 5) is 17.7. The number of anilines is 2. The molecule has 0 atom stereocenters. The third kappa shape index (κ3) is 7.32. The molecule has 1 saturated carbocycles. The Balaban J connectivity index is 0.000000438. The fourth-order valence-electron chi connectivity index (χ4n) is 3.36. The van der Waals surface area contributed by atoms with Crippen LogP contribution in [0.15, 0.2) is 18.2 Å². The first-order valence-electron chi connectivity index (χ1n) is 10.3. The monoisotopic (exact) mass is 434 g/mol. The lowest BCUT2D eigenvalue weighted by atomic mass is 9.96. The van der Waals surface area contributed by atoms with Crippen LogP contribution in [-0.4, -0.2) is 22.6 Å². The maximum Gasteiger partial charge on any atom is 0.207 e. The van der Waals surface area contributed by atoms with Gasteiger partial charge in [0.25, 0.3) is 0 Å². The van der Waals surface area contributed by atoms with E-state index in [1.165, 1.54) is 55.4 Å². The largest absolute Gasteiger partial charge is 0.382 e. The molecule has 1 aliphatic carbocycles. The first-order chi connectivity index (χ1) is 13.8. The molecular weight excluding hydrogens is 400 g/mol. The van der Waals surface area contributed by atoms with Crippen molar-refractivity contribution in [1.82, 2.24) is 4.98 Å². The molecule has 1 heterocycles. The molecule has 1 aromatic carbocycles. The van der Waals surface area contributed by atoms with Gasteiger partial charge in [0, 0.05) is 17.4 Å². The predicted octanol–water partition coefficient (Wildman–Crippen LogP) is 5.57. The standard InChI is InChI=1S/C18H23N3OS.C4H11NS/c1-11-8-9-14(12(2)10-11)15(22)16-17(19)21-18(23-16)20-13-6-4-3-5-7-13;1-4(2)3-6-5/h8-10,13H,3-7,19H2,1-2H3,(H,20,21);4H,3,5H2,1-2H3. The second-order valence-corrected chi connectivity index (χ2v) is 9.75. The van der Waals surface area contributed by atoms with E-state index in [-0.39, 0.29) is 5.78 Å². The van der Waals surface area contributed by atoms with Gasteiger partial charge in [0.1, 0.15) is 10.7 Å². The number of nitrogens with two attached hydrogens (primary N) is 2. The fraction of sp³-hybridized carbons (Fsp3) is 0.545. The van der Waals surface area contributed by atoms with Gasteiger partial charge in [-0.05, 0) is 38.2 Å². The van der Waals surface area contributed by atoms with E-state index < -0.39 is 0 Å². The van der Waals surface area contributed by atoms with Crippen molar-refractivity contribution in [1.29, 1.82) is 0 Å². The molecule has 160 valence electrons. The van der Waals surface area contributed by atoms with E-state index in [1.807, 2.05) is 32.0 Å². The molecule has 1 aromatic heterocycles. The summed E-state index contributed by atoms with van der Waals surface area (Å²) in [5.41, 5.74) is 8.83. The van der Waals surface area contributed by atoms with Gasteiger partial charge in [-0.1, -0.05) is 80.2 Å². The molecular formula is C22H34N4OS2. The van der Waals surface area contributed by atoms with Gasteiger partial charge < -0.3 is 11.1 Å². The van der Waals surface area contributed by atoms with Crippen LogP contribution in [0.25, 0.3) is 0 Å². The summed E-state index contributed by atoms with van der Waals surface area (Å²) in [6, 6.07) is 6.31. The molecule has 7 heteroatoms. The minimum absolute atomic E-state index is 0.0332. The molecule has 5 nitrogen and oxygen atoms in total. The van der Waals surface area contributed by atoms with Crippen molar-refractivity contribution in [3.63, 3.8) is 0 Å². The lowest BCUT2D eigenvalue weighted by molar-refractivity contribution is 0.104. The highest BCUT2D eigenvalue weighted by Crippen LogP contribution is 2.30. The Labute approximate surface area is 183 Å². The van der Waals surface area contributed by atoms with Crippen LogP contribution >= 0.6 is 23.3 Å². The van der Waals surface area contributed by atoms with E-state index in [2.05, 4.69) is 24.1 Å². The average Bonchev–Trinajstić information content (AvgIpc) is 3.02. The highest BCUT2D eigenvalue weighted by Gasteiger charge is 2.21. The van der Waals surface area contributed by atoms with E-state index in [9.17, 15) is 4.79 Å². The number of nitrogen functional groups attached to an aromatic ring is 1. The van der Waals surface area contributed by atoms with Gasteiger partial charge in [0.2, 0.25) is 5.78 Å². The van der Waals surface area contributed by atoms with Crippen molar-refractivity contribution in [2.75, 3.05) is 16.8 Å². The van der Waals surface area contributed by atoms with Crippen LogP contribution in [0.2, 0.25) is 0 Å². The number of benzene rings is 1. The van der Waals surface area contributed by atoms with Gasteiger partial charge >= 0.3 is 0 Å². The molecule has 0 bridgehead atoms. The Bertz CT molecular complexity index is 798. The summed E-state index contributed by atoms with van der Waals surface area (Å²) in [5.74, 6) is 2.10. The average molecular weight is 435 g/mol. The molecule has 0 unspecified atom stereocenters. The van der Waals surface area contributed by atoms with Crippen molar-refractivity contribution >= 4 is 40.0 Å². The van der Waals surface area contributed by atoms with Gasteiger partial charge in [-0.25, -0.2) is 4.98 Å². The summed E-state index contributed by atoms with van der Waals surface area (Å²) in [6.07, 6.45) is 6.16. The zero-order chi connectivity index (χ0) is 21.4. The number of ketones is 1. The maximum atomic E-state index is 12.8. The minimum Gasteiger partial charge on any atom is -0.382 e. The number of nitrogens with zero attached hydrogens (tertiary/aromatic N) is 1. The zero-order valence-electron chi connectivity index (χ0n) is 18.0. The fourth-order valence-corrected chi connectivity index (χ4v) is 4.66. The lowest BCUT2D eigenvalue weighted by Crippen LogP contribution is -2.22. The van der Waals surface area contributed by atoms with Crippen LogP contribution in [0.5, 0.6) is 0 Å². The molecule has 2 aromatic rings. The number of carbonyl (C=O) groups excluding carboxylic acids is 1. The predicted molar refractivity (Wildman–Crippen MR) is 128 cm³/mol. The number of aryl methyl sites for hydroxylation is 2. The Morgan fingerprint density at radius 3 is 2.52 bits per heavy atom. The Hall–Kier alpha value is -1.57. The summed E-state index contributed by atoms with van der Waals surface area (Å²) >= 11 is 2.78. The van der Waals surface area contributed by atoms with E-state index in [4.69, 9.17) is 10.9 Å². The number of carbonyl (C=O) groups is 1. The first kappa shape index (κ1) is 23.7. The highest BCUT2D eigenvalue weighted by atomic mass is 32.2. The number of nitrogens with one attached hydrogen (secondary N) is 1. The quantitative estimate of drug-likeness (QED) is 0.406. The second-order valence-electron chi connectivity index (χ2n) is 8.09. The summed E-state index contributed by atoms with van der Waals surface area (Å²) in [6.45, 7) is 8.28. The maximum absolute atomic E-state index is 12.8. The molecule has 0 aliphatic heterocycles. The minimum atomic E-state index is -0.0332. The van der Waals surface area contributed by atoms with E-state index in [0.29, 0.717) is 22.3 Å². The highest BCUT2D eigenvalue weighted by molar-refractivity contribution is 7.97. The topological polar surface area (TPSA) is 94.0 Å². The van der Waals surface area contributed by atoms with Crippen LogP contribution in [-0.2, 0) is 0 Å². The Morgan fingerprint density at radius 2 is 1.97 bits per heavy atom. The Morgan fingerprint density at radius 1 is 1.28 bits per heavy atom. The van der Waals surface area contributed by atoms with Crippen molar-refractivity contribution in [3.8, 4) is 0 Å². The zero-order valence-corrected chi connectivity index (χ0v) is 19.6. The smallest absolute Gasteiger partial charge is 0.207 e. The number of hydrogen-bond acceptors (Lipinski definition) is 7. The van der Waals surface area contributed by atoms with E-state index >= 15 is 0 Å². The van der Waals surface area contributed by atoms with Gasteiger partial charge in [-0.2, -0.15) is 0 Å². The number of aromatic nitrogens is 1. The number of thiazole rings is 1. The molecule has 0 amide bonds. The Kier molecular flexibility index (Phi) is 9.46. The summed E-state index contributed by atoms with van der Waals surface area (Å²) < 4.78 is 0. The molecule has 5 N–H and O–H groups in total. The number of hydrogen-bond donors (Lipinski definition) is 3. The van der Waals surface area contributed by atoms with Crippen LogP contribution in [0.3, 0.4) is 0 Å². The molecule has 0 spiro atoms. The molecule has 0 radical (unpaired) electrons. The van der Waals surface area contributed by atoms with Crippen LogP contribution in [0.4, 0.5) is 10.9 Å². The van der Waals surface area contributed by atoms with E-state index in [0.717, 1.165) is 27.9 Å². The number of rotatable bonds is 6. The third-order valence-corrected chi connectivity index (χ3v) is 6.71. The molecule has 0 saturated heterocycles. The molecule has 1 fully saturated rings. The van der Waals surface area contributed by atoms with Gasteiger partial charge in [0.05, 0.1) is 0 Å². The molecule has 3 rings (SSSR count). The van der Waals surface area contributed by atoms with Crippen LogP contribution in [0, 0.1) is 19.8 Å². The van der Waals surface area contributed by atoms with Gasteiger partial charge in [-0.3, -0.25) is 9.93 Å². The van der Waals surface area contributed by atoms with Crippen molar-refractivity contribution < 1.29 is 4.79 Å². The molecule has 29 heavy (non-hydrogen) atoms. The van der Waals surface area contributed by atoms with Crippen molar-refractivity contribution in [3.05, 3.63) is 39.8 Å². The third-order valence-electron chi connectivity index (χ3n) is 4.85. The normalized spacial score (nSPS) is 14.4. The lowest BCUT2D eigenvalue weighted by Gasteiger charge is -2.22. The van der Waals surface area contributed by atoms with Gasteiger partial charge in [-0.15, -0.1) is 0 Å². The van der Waals surface area contributed by atoms with E-state index in [1.54, 1.807) is 0 Å².